The fourth-order valence-corrected chi connectivity index (χ4v) is 6.64. The zero-order valence-electron chi connectivity index (χ0n) is 32.9. The molecule has 57 heavy (non-hydrogen) atoms. The maximum Gasteiger partial charge on any atom is 0.410 e. The predicted molar refractivity (Wildman–Crippen MR) is 210 cm³/mol. The van der Waals surface area contributed by atoms with E-state index in [9.17, 15) is 34.2 Å². The van der Waals surface area contributed by atoms with Crippen molar-refractivity contribution in [2.45, 2.75) is 69.3 Å². The first-order chi connectivity index (χ1) is 27.1. The molecule has 0 saturated carbocycles. The number of alkyl carbamates (subject to hydrolysis) is 3. The largest absolute Gasteiger partial charge is 0.449 e. The first kappa shape index (κ1) is 44.1. The molecule has 1 heterocycles. The van der Waals surface area contributed by atoms with Gasteiger partial charge in [-0.2, -0.15) is 0 Å². The number of amides is 5. The average Bonchev–Trinajstić information content (AvgIpc) is 3.48. The molecule has 16 heteroatoms. The molecule has 1 aliphatic carbocycles. The molecule has 2 atom stereocenters. The molecule has 5 N–H and O–H groups in total. The summed E-state index contributed by atoms with van der Waals surface area (Å²) in [6.45, 7) is 11.1. The maximum atomic E-state index is 13.9. The summed E-state index contributed by atoms with van der Waals surface area (Å²) >= 11 is 0. The highest BCUT2D eigenvalue weighted by Gasteiger charge is 2.47. The second kappa shape index (κ2) is 20.5. The minimum absolute atomic E-state index is 0.0302. The number of unbranched alkanes of at least 4 members (excludes halogenated alkanes) is 1. The van der Waals surface area contributed by atoms with Crippen molar-refractivity contribution in [3.8, 4) is 11.1 Å². The van der Waals surface area contributed by atoms with Crippen molar-refractivity contribution >= 4 is 30.3 Å². The third-order valence-electron chi connectivity index (χ3n) is 9.12. The van der Waals surface area contributed by atoms with Crippen molar-refractivity contribution in [2.75, 3.05) is 59.1 Å². The highest BCUT2D eigenvalue weighted by molar-refractivity contribution is 5.86. The second-order valence-corrected chi connectivity index (χ2v) is 15.0. The van der Waals surface area contributed by atoms with Crippen LogP contribution in [-0.4, -0.2) is 133 Å². The van der Waals surface area contributed by atoms with Gasteiger partial charge in [0.2, 0.25) is 5.91 Å². The van der Waals surface area contributed by atoms with E-state index < -0.39 is 53.6 Å². The van der Waals surface area contributed by atoms with E-state index in [4.69, 9.17) is 18.9 Å². The summed E-state index contributed by atoms with van der Waals surface area (Å²) in [5.74, 6) is -0.667. The van der Waals surface area contributed by atoms with Crippen LogP contribution in [0.25, 0.3) is 11.1 Å². The van der Waals surface area contributed by atoms with Crippen molar-refractivity contribution in [2.24, 2.45) is 0 Å². The minimum Gasteiger partial charge on any atom is -0.449 e. The molecule has 0 bridgehead atoms. The van der Waals surface area contributed by atoms with Gasteiger partial charge in [-0.3, -0.25) is 4.79 Å². The highest BCUT2D eigenvalue weighted by Crippen LogP contribution is 2.44. The summed E-state index contributed by atoms with van der Waals surface area (Å²) in [6.07, 6.45) is -0.398. The quantitative estimate of drug-likeness (QED) is 0.0780. The summed E-state index contributed by atoms with van der Waals surface area (Å²) in [6, 6.07) is 14.8. The van der Waals surface area contributed by atoms with Crippen LogP contribution < -0.4 is 16.0 Å². The third-order valence-corrected chi connectivity index (χ3v) is 9.12. The van der Waals surface area contributed by atoms with E-state index in [0.29, 0.717) is 12.8 Å². The number of fused-ring (bicyclic) bond motifs is 3. The van der Waals surface area contributed by atoms with Crippen molar-refractivity contribution in [3.63, 3.8) is 0 Å². The summed E-state index contributed by atoms with van der Waals surface area (Å²) in [4.78, 5) is 66.4. The average molecular weight is 794 g/mol. The number of hydrogen-bond acceptors (Lipinski definition) is 11. The van der Waals surface area contributed by atoms with Gasteiger partial charge in [0.25, 0.3) is 0 Å². The molecule has 2 aromatic rings. The molecule has 1 saturated heterocycles. The number of aliphatic hydroxyl groups is 2. The highest BCUT2D eigenvalue weighted by atomic mass is 16.6. The van der Waals surface area contributed by atoms with Crippen LogP contribution in [0.5, 0.6) is 0 Å². The van der Waals surface area contributed by atoms with Gasteiger partial charge in [-0.25, -0.2) is 19.2 Å². The predicted octanol–water partition coefficient (Wildman–Crippen LogP) is 4.06. The summed E-state index contributed by atoms with van der Waals surface area (Å²) in [7, 11) is 0. The Morgan fingerprint density at radius 1 is 0.895 bits per heavy atom. The Kier molecular flexibility index (Phi) is 15.9. The van der Waals surface area contributed by atoms with Crippen LogP contribution in [0.3, 0.4) is 0 Å². The molecule has 310 valence electrons. The van der Waals surface area contributed by atoms with Gasteiger partial charge in [-0.1, -0.05) is 73.8 Å². The zero-order chi connectivity index (χ0) is 41.6. The number of ether oxygens (including phenoxy) is 4. The molecule has 0 spiro atoms. The number of nitrogens with zero attached hydrogens (tertiary/aromatic N) is 2. The van der Waals surface area contributed by atoms with Crippen LogP contribution >= 0.6 is 0 Å². The van der Waals surface area contributed by atoms with Crippen molar-refractivity contribution in [3.05, 3.63) is 85.0 Å². The molecule has 0 radical (unpaired) electrons. The number of carbonyl (C=O) groups is 5. The number of rotatable bonds is 19. The van der Waals surface area contributed by atoms with Crippen LogP contribution in [0.15, 0.2) is 73.8 Å². The van der Waals surface area contributed by atoms with Gasteiger partial charge < -0.3 is 54.9 Å². The third kappa shape index (κ3) is 13.2. The molecular formula is C41H55N5O11. The van der Waals surface area contributed by atoms with E-state index in [0.717, 1.165) is 27.2 Å². The van der Waals surface area contributed by atoms with Gasteiger partial charge >= 0.3 is 24.4 Å². The van der Waals surface area contributed by atoms with Crippen molar-refractivity contribution in [1.29, 1.82) is 0 Å². The standard InChI is InChI=1S/C41H55N5O11/c1-6-20-54-36(49)43-22-28(47)23-45(39(52)55-21-7-2)25-41(53)26-46(27-41)35(48)34(18-12-13-19-42-37(50)57-40(3,4)5)44-38(51)56-24-33-31-16-10-8-14-29(31)30-15-9-11-17-32(30)33/h6-11,14-17,28,33-34,47,53H,1-2,12-13,18-27H2,3-5H3,(H,42,50)(H,43,49)(H,44,51)/t28-,34+/m1/s1. The topological polar surface area (TPSA) is 205 Å². The normalized spacial score (nSPS) is 15.0. The van der Waals surface area contributed by atoms with E-state index in [1.807, 2.05) is 48.5 Å². The fourth-order valence-electron chi connectivity index (χ4n) is 6.64. The smallest absolute Gasteiger partial charge is 0.410 e. The van der Waals surface area contributed by atoms with Gasteiger partial charge in [0.05, 0.1) is 32.3 Å². The molecule has 1 aliphatic heterocycles. The van der Waals surface area contributed by atoms with Gasteiger partial charge in [0.1, 0.15) is 37.1 Å². The van der Waals surface area contributed by atoms with E-state index >= 15 is 0 Å². The lowest BCUT2D eigenvalue weighted by Gasteiger charge is -2.49. The lowest BCUT2D eigenvalue weighted by atomic mass is 9.91. The first-order valence-electron chi connectivity index (χ1n) is 18.9. The van der Waals surface area contributed by atoms with Gasteiger partial charge in [0, 0.05) is 19.0 Å². The Morgan fingerprint density at radius 3 is 2.12 bits per heavy atom. The number of nitrogens with one attached hydrogen (secondary N) is 3. The molecule has 0 unspecified atom stereocenters. The van der Waals surface area contributed by atoms with E-state index in [1.165, 1.54) is 17.1 Å². The molecule has 4 rings (SSSR count). The molecule has 5 amide bonds. The summed E-state index contributed by atoms with van der Waals surface area (Å²) in [5.41, 5.74) is 1.98. The molecule has 2 aromatic carbocycles. The maximum absolute atomic E-state index is 13.9. The Hall–Kier alpha value is -5.61. The van der Waals surface area contributed by atoms with Crippen LogP contribution in [0.2, 0.25) is 0 Å². The number of aliphatic hydroxyl groups excluding tert-OH is 1. The van der Waals surface area contributed by atoms with Gasteiger partial charge in [-0.05, 0) is 62.3 Å². The molecule has 16 nitrogen and oxygen atoms in total. The molecule has 0 aromatic heterocycles. The molecule has 2 aliphatic rings. The van der Waals surface area contributed by atoms with E-state index in [-0.39, 0.29) is 71.4 Å². The number of benzene rings is 2. The molecule has 1 fully saturated rings. The Morgan fingerprint density at radius 2 is 1.51 bits per heavy atom. The van der Waals surface area contributed by atoms with Gasteiger partial charge in [0.15, 0.2) is 0 Å². The lowest BCUT2D eigenvalue weighted by molar-refractivity contribution is -0.160. The van der Waals surface area contributed by atoms with E-state index in [1.54, 1.807) is 20.8 Å². The number of β-amino-alcohol motifs (C(OH)–C–C–N with tert-alkyl or cyclic N) is 1. The number of hydrogen-bond donors (Lipinski definition) is 5. The Labute approximate surface area is 333 Å². The summed E-state index contributed by atoms with van der Waals surface area (Å²) < 4.78 is 21.0. The Balaban J connectivity index is 1.38. The SMILES string of the molecule is C=CCOC(=O)NC[C@@H](O)CN(CC1(O)CN(C(=O)[C@H](CCCCNC(=O)OC(C)(C)C)NC(=O)OCC2c3ccccc3-c3ccccc32)C1)C(=O)OCC=C. The molecular weight excluding hydrogens is 738 g/mol. The monoisotopic (exact) mass is 793 g/mol. The first-order valence-corrected chi connectivity index (χ1v) is 18.9. The van der Waals surface area contributed by atoms with Crippen LogP contribution in [0, 0.1) is 0 Å². The Bertz CT molecular complexity index is 1690. The van der Waals surface area contributed by atoms with Crippen LogP contribution in [0.1, 0.15) is 57.1 Å². The minimum atomic E-state index is -1.58. The lowest BCUT2D eigenvalue weighted by Crippen LogP contribution is -2.70. The number of likely N-dealkylation sites (tertiary alicyclic amines) is 1. The zero-order valence-corrected chi connectivity index (χ0v) is 32.9. The number of carbonyl (C=O) groups excluding carboxylic acids is 5. The van der Waals surface area contributed by atoms with E-state index in [2.05, 4.69) is 29.1 Å². The summed E-state index contributed by atoms with van der Waals surface area (Å²) in [5, 5.41) is 29.8. The van der Waals surface area contributed by atoms with Crippen LogP contribution in [-0.2, 0) is 23.7 Å². The van der Waals surface area contributed by atoms with Crippen molar-refractivity contribution in [1.82, 2.24) is 25.8 Å². The van der Waals surface area contributed by atoms with Crippen molar-refractivity contribution < 1.29 is 53.1 Å². The second-order valence-electron chi connectivity index (χ2n) is 15.0. The van der Waals surface area contributed by atoms with Gasteiger partial charge in [-0.15, -0.1) is 0 Å². The fraction of sp³-hybridized carbons (Fsp3) is 0.488. The van der Waals surface area contributed by atoms with Crippen LogP contribution in [0.4, 0.5) is 19.2 Å².